The number of hydrogen-bond acceptors (Lipinski definition) is 2. The minimum Gasteiger partial charge on any atom is -0.385 e. The average molecular weight is 135 g/mol. The predicted molar refractivity (Wildman–Crippen MR) is 39.4 cm³/mol. The average Bonchev–Trinajstić information content (AvgIpc) is 1.90. The fourth-order valence-electron chi connectivity index (χ4n) is 1.04. The predicted octanol–water partition coefficient (Wildman–Crippen LogP) is 0.774. The number of carbonyl (C=O) groups excluding carboxylic acids is 1. The molecule has 0 heterocycles. The summed E-state index contributed by atoms with van der Waals surface area (Å²) in [5.74, 6) is 0.0231. The van der Waals surface area contributed by atoms with E-state index in [1.165, 1.54) is 0 Å². The summed E-state index contributed by atoms with van der Waals surface area (Å²) in [6.07, 6.45) is 0. The summed E-state index contributed by atoms with van der Waals surface area (Å²) >= 11 is 0. The van der Waals surface area contributed by atoms with Gasteiger partial charge < -0.3 is 5.32 Å². The Morgan fingerprint density at radius 3 is 2.50 bits per heavy atom. The van der Waals surface area contributed by atoms with Gasteiger partial charge in [0.05, 0.1) is 11.3 Å². The molecular formula is C8H9NO. The van der Waals surface area contributed by atoms with Gasteiger partial charge in [-0.1, -0.05) is 6.58 Å². The molecule has 10 heavy (non-hydrogen) atoms. The molecule has 0 radical (unpaired) electrons. The third-order valence-corrected chi connectivity index (χ3v) is 1.63. The molecule has 1 rings (SSSR count). The lowest BCUT2D eigenvalue weighted by Crippen LogP contribution is -2.28. The highest BCUT2D eigenvalue weighted by molar-refractivity contribution is 6.19. The lowest BCUT2D eigenvalue weighted by atomic mass is 9.88. The zero-order valence-corrected chi connectivity index (χ0v) is 6.12. The lowest BCUT2D eigenvalue weighted by Gasteiger charge is -2.20. The molecule has 2 heteroatoms. The van der Waals surface area contributed by atoms with E-state index in [1.54, 1.807) is 7.05 Å². The van der Waals surface area contributed by atoms with E-state index in [1.807, 2.05) is 6.92 Å². The highest BCUT2D eigenvalue weighted by Gasteiger charge is 2.28. The van der Waals surface area contributed by atoms with Crippen molar-refractivity contribution in [2.45, 2.75) is 6.92 Å². The summed E-state index contributed by atoms with van der Waals surface area (Å²) in [5.41, 5.74) is 4.85. The third kappa shape index (κ3) is 0.630. The van der Waals surface area contributed by atoms with Crippen molar-refractivity contribution in [1.82, 2.24) is 5.32 Å². The van der Waals surface area contributed by atoms with Gasteiger partial charge in [0.25, 0.3) is 0 Å². The number of allylic oxidation sites excluding steroid dienone is 2. The number of ketones is 1. The monoisotopic (exact) mass is 135 g/mol. The maximum absolute atomic E-state index is 11.0. The second-order valence-corrected chi connectivity index (χ2v) is 2.13. The van der Waals surface area contributed by atoms with E-state index in [9.17, 15) is 4.79 Å². The zero-order chi connectivity index (χ0) is 7.72. The van der Waals surface area contributed by atoms with E-state index in [-0.39, 0.29) is 5.78 Å². The second kappa shape index (κ2) is 2.16. The van der Waals surface area contributed by atoms with E-state index in [4.69, 9.17) is 0 Å². The number of hydrogen-bond donors (Lipinski definition) is 1. The van der Waals surface area contributed by atoms with Gasteiger partial charge in [0, 0.05) is 7.05 Å². The van der Waals surface area contributed by atoms with Crippen molar-refractivity contribution in [2.24, 2.45) is 0 Å². The van der Waals surface area contributed by atoms with E-state index in [0.717, 1.165) is 5.57 Å². The Morgan fingerprint density at radius 2 is 2.20 bits per heavy atom. The highest BCUT2D eigenvalue weighted by atomic mass is 16.1. The van der Waals surface area contributed by atoms with Gasteiger partial charge in [0.2, 0.25) is 5.78 Å². The van der Waals surface area contributed by atoms with Crippen LogP contribution < -0.4 is 5.32 Å². The molecule has 1 N–H and O–H groups in total. The Morgan fingerprint density at radius 1 is 1.60 bits per heavy atom. The number of likely N-dealkylation sites (N-methyl/N-ethyl adjacent to an activating group) is 1. The highest BCUT2D eigenvalue weighted by Crippen LogP contribution is 2.25. The van der Waals surface area contributed by atoms with Crippen LogP contribution in [0.4, 0.5) is 0 Å². The summed E-state index contributed by atoms with van der Waals surface area (Å²) in [4.78, 5) is 11.0. The van der Waals surface area contributed by atoms with E-state index in [2.05, 4.69) is 17.6 Å². The molecule has 0 aliphatic heterocycles. The minimum atomic E-state index is 0.0231. The third-order valence-electron chi connectivity index (χ3n) is 1.63. The van der Waals surface area contributed by atoms with Crippen molar-refractivity contribution < 1.29 is 4.79 Å². The number of carbonyl (C=O) groups is 1. The number of Topliss-reactive ketones (excluding diaryl/α,β-unsaturated/α-hetero) is 1. The van der Waals surface area contributed by atoms with Crippen LogP contribution >= 0.6 is 0 Å². The fourth-order valence-corrected chi connectivity index (χ4v) is 1.04. The van der Waals surface area contributed by atoms with Crippen LogP contribution in [0, 0.1) is 0 Å². The Labute approximate surface area is 59.9 Å². The van der Waals surface area contributed by atoms with E-state index < -0.39 is 0 Å². The van der Waals surface area contributed by atoms with Crippen LogP contribution in [0.3, 0.4) is 0 Å². The molecule has 0 saturated heterocycles. The summed E-state index contributed by atoms with van der Waals surface area (Å²) < 4.78 is 0. The molecule has 0 atom stereocenters. The number of nitrogens with one attached hydrogen (secondary N) is 1. The summed E-state index contributed by atoms with van der Waals surface area (Å²) in [5, 5.41) is 2.81. The molecule has 0 aromatic rings. The van der Waals surface area contributed by atoms with Crippen LogP contribution in [0.5, 0.6) is 0 Å². The first-order chi connectivity index (χ1) is 4.72. The molecule has 52 valence electrons. The van der Waals surface area contributed by atoms with Crippen LogP contribution in [-0.2, 0) is 4.79 Å². The van der Waals surface area contributed by atoms with Crippen molar-refractivity contribution in [1.29, 1.82) is 0 Å². The van der Waals surface area contributed by atoms with Gasteiger partial charge in [-0.2, -0.15) is 0 Å². The van der Waals surface area contributed by atoms with E-state index in [0.29, 0.717) is 11.3 Å². The molecule has 0 fully saturated rings. The van der Waals surface area contributed by atoms with Crippen molar-refractivity contribution in [3.8, 4) is 0 Å². The van der Waals surface area contributed by atoms with Crippen molar-refractivity contribution in [3.63, 3.8) is 0 Å². The van der Waals surface area contributed by atoms with Crippen molar-refractivity contribution in [2.75, 3.05) is 7.05 Å². The molecule has 0 bridgehead atoms. The van der Waals surface area contributed by atoms with Gasteiger partial charge >= 0.3 is 0 Å². The number of rotatable bonds is 1. The molecule has 1 aliphatic carbocycles. The van der Waals surface area contributed by atoms with Crippen LogP contribution in [0.15, 0.2) is 29.2 Å². The van der Waals surface area contributed by atoms with Crippen LogP contribution in [-0.4, -0.2) is 12.8 Å². The molecule has 2 nitrogen and oxygen atoms in total. The van der Waals surface area contributed by atoms with Gasteiger partial charge in [0.1, 0.15) is 0 Å². The van der Waals surface area contributed by atoms with E-state index >= 15 is 0 Å². The Balaban J connectivity index is 3.10. The van der Waals surface area contributed by atoms with Crippen LogP contribution in [0.25, 0.3) is 0 Å². The Kier molecular flexibility index (Phi) is 1.48. The molecule has 0 spiro atoms. The molecule has 0 amide bonds. The van der Waals surface area contributed by atoms with Gasteiger partial charge in [-0.15, -0.1) is 5.73 Å². The van der Waals surface area contributed by atoms with Crippen LogP contribution in [0.1, 0.15) is 6.92 Å². The maximum atomic E-state index is 11.0. The first kappa shape index (κ1) is 6.84. The topological polar surface area (TPSA) is 29.1 Å². The quantitative estimate of drug-likeness (QED) is 0.425. The molecule has 1 aliphatic rings. The molecule has 0 saturated carbocycles. The Bertz CT molecular complexity index is 267. The van der Waals surface area contributed by atoms with Gasteiger partial charge in [-0.25, -0.2) is 0 Å². The summed E-state index contributed by atoms with van der Waals surface area (Å²) in [6, 6.07) is 0. The SMILES string of the molecule is C=C=C1C(=O)C(NC)=C1C. The maximum Gasteiger partial charge on any atom is 0.217 e. The first-order valence-corrected chi connectivity index (χ1v) is 3.06. The zero-order valence-electron chi connectivity index (χ0n) is 6.12. The second-order valence-electron chi connectivity index (χ2n) is 2.13. The lowest BCUT2D eigenvalue weighted by molar-refractivity contribution is -0.113. The summed E-state index contributed by atoms with van der Waals surface area (Å²) in [7, 11) is 1.73. The van der Waals surface area contributed by atoms with Crippen molar-refractivity contribution in [3.05, 3.63) is 29.2 Å². The van der Waals surface area contributed by atoms with Gasteiger partial charge in [-0.05, 0) is 12.5 Å². The first-order valence-electron chi connectivity index (χ1n) is 3.06. The minimum absolute atomic E-state index is 0.0231. The fraction of sp³-hybridized carbons (Fsp3) is 0.250. The molecule has 0 aromatic carbocycles. The molecule has 0 aromatic heterocycles. The molecular weight excluding hydrogens is 126 g/mol. The van der Waals surface area contributed by atoms with Crippen molar-refractivity contribution >= 4 is 5.78 Å². The largest absolute Gasteiger partial charge is 0.385 e. The Hall–Kier alpha value is -1.27. The molecule has 0 unspecified atom stereocenters. The smallest absolute Gasteiger partial charge is 0.217 e. The van der Waals surface area contributed by atoms with Gasteiger partial charge in [-0.3, -0.25) is 4.79 Å². The van der Waals surface area contributed by atoms with Gasteiger partial charge in [0.15, 0.2) is 0 Å². The summed E-state index contributed by atoms with van der Waals surface area (Å²) in [6.45, 7) is 5.28. The van der Waals surface area contributed by atoms with Crippen LogP contribution in [0.2, 0.25) is 0 Å². The normalized spacial score (nSPS) is 16.6. The standard InChI is InChI=1S/C8H9NO/c1-4-6-5(2)7(9-3)8(6)10/h9H,1H2,2-3H3.